The van der Waals surface area contributed by atoms with E-state index in [1.54, 1.807) is 16.8 Å². The largest absolute Gasteiger partial charge is 0.445 e. The average molecular weight is 560 g/mol. The van der Waals surface area contributed by atoms with Crippen molar-refractivity contribution < 1.29 is 24.1 Å². The molecule has 1 aromatic heterocycles. The summed E-state index contributed by atoms with van der Waals surface area (Å²) in [5.41, 5.74) is 4.11. The van der Waals surface area contributed by atoms with Crippen LogP contribution in [0.15, 0.2) is 96.7 Å². The predicted molar refractivity (Wildman–Crippen MR) is 150 cm³/mol. The van der Waals surface area contributed by atoms with Crippen molar-refractivity contribution in [1.29, 1.82) is 0 Å². The van der Waals surface area contributed by atoms with Gasteiger partial charge in [-0.05, 0) is 45.8 Å². The molecule has 1 amide bonds. The summed E-state index contributed by atoms with van der Waals surface area (Å²) in [5, 5.41) is 25.0. The lowest BCUT2D eigenvalue weighted by Gasteiger charge is -2.36. The summed E-state index contributed by atoms with van der Waals surface area (Å²) >= 11 is 1.52. The van der Waals surface area contributed by atoms with Gasteiger partial charge < -0.3 is 19.3 Å². The number of anilines is 1. The minimum atomic E-state index is -0.631. The Hall–Kier alpha value is -4.03. The number of thioether (sulfide) groups is 1. The van der Waals surface area contributed by atoms with Crippen LogP contribution in [0.2, 0.25) is 0 Å². The molecule has 1 fully saturated rings. The van der Waals surface area contributed by atoms with Gasteiger partial charge in [0.1, 0.15) is 6.61 Å². The summed E-state index contributed by atoms with van der Waals surface area (Å²) in [5.74, 6) is 0.604. The first-order chi connectivity index (χ1) is 19.6. The molecule has 0 spiro atoms. The zero-order valence-electron chi connectivity index (χ0n) is 21.6. The number of carbonyl (C=O) groups excluding carboxylic acids is 1. The Bertz CT molecular complexity index is 1400. The van der Waals surface area contributed by atoms with E-state index in [1.165, 1.54) is 17.8 Å². The fourth-order valence-corrected chi connectivity index (χ4v) is 5.11. The van der Waals surface area contributed by atoms with Crippen LogP contribution in [0.4, 0.5) is 10.5 Å². The van der Waals surface area contributed by atoms with Crippen LogP contribution in [0.5, 0.6) is 0 Å². The number of aliphatic hydroxyl groups excluding tert-OH is 1. The topological polar surface area (TPSA) is 121 Å². The van der Waals surface area contributed by atoms with Gasteiger partial charge in [0.15, 0.2) is 6.29 Å². The number of benzene rings is 3. The number of hydrogen-bond acceptors (Lipinski definition) is 9. The number of carbonyl (C=O) groups is 1. The second-order valence-corrected chi connectivity index (χ2v) is 9.99. The van der Waals surface area contributed by atoms with Crippen molar-refractivity contribution in [3.8, 4) is 5.69 Å². The summed E-state index contributed by atoms with van der Waals surface area (Å²) in [7, 11) is 0. The van der Waals surface area contributed by atoms with Gasteiger partial charge in [-0.1, -0.05) is 79.0 Å². The van der Waals surface area contributed by atoms with E-state index >= 15 is 0 Å². The SMILES string of the molecule is C=CCOC(=O)Nc1ccc([C@@H]2O[C@H](CSc3nnnn3-c3ccccc3)C[C@H](c3ccc(CO)cc3)O2)cc1. The lowest BCUT2D eigenvalue weighted by Crippen LogP contribution is -2.31. The maximum atomic E-state index is 11.9. The van der Waals surface area contributed by atoms with Crippen molar-refractivity contribution >= 4 is 23.5 Å². The molecule has 4 aromatic rings. The minimum absolute atomic E-state index is 0.0194. The number of aliphatic hydroxyl groups is 1. The molecule has 2 N–H and O–H groups in total. The Morgan fingerprint density at radius 2 is 1.82 bits per heavy atom. The zero-order valence-corrected chi connectivity index (χ0v) is 22.4. The predicted octanol–water partition coefficient (Wildman–Crippen LogP) is 5.23. The number of aromatic nitrogens is 4. The van der Waals surface area contributed by atoms with E-state index in [1.807, 2.05) is 66.7 Å². The van der Waals surface area contributed by atoms with Gasteiger partial charge >= 0.3 is 6.09 Å². The molecule has 10 nitrogen and oxygen atoms in total. The van der Waals surface area contributed by atoms with E-state index in [0.717, 1.165) is 22.4 Å². The van der Waals surface area contributed by atoms with Crippen LogP contribution in [0.25, 0.3) is 5.69 Å². The molecule has 11 heteroatoms. The number of tetrazole rings is 1. The smallest absolute Gasteiger partial charge is 0.411 e. The fraction of sp³-hybridized carbons (Fsp3) is 0.241. The highest BCUT2D eigenvalue weighted by molar-refractivity contribution is 7.99. The quantitative estimate of drug-likeness (QED) is 0.199. The molecule has 40 heavy (non-hydrogen) atoms. The van der Waals surface area contributed by atoms with Crippen molar-refractivity contribution in [2.45, 2.75) is 36.7 Å². The molecule has 2 heterocycles. The van der Waals surface area contributed by atoms with Crippen molar-refractivity contribution in [1.82, 2.24) is 20.2 Å². The van der Waals surface area contributed by atoms with Crippen LogP contribution in [0.1, 0.15) is 35.5 Å². The van der Waals surface area contributed by atoms with Crippen LogP contribution >= 0.6 is 11.8 Å². The summed E-state index contributed by atoms with van der Waals surface area (Å²) in [6.07, 6.45) is 0.551. The van der Waals surface area contributed by atoms with Crippen molar-refractivity contribution in [3.05, 3.63) is 108 Å². The van der Waals surface area contributed by atoms with Crippen molar-refractivity contribution in [2.75, 3.05) is 17.7 Å². The standard InChI is InChI=1S/C29H29N5O5S/c1-2-16-37-29(36)30-23-14-12-22(13-15-23)27-38-25(17-26(39-27)21-10-8-20(18-35)9-11-21)19-40-28-31-32-33-34(28)24-6-4-3-5-7-24/h2-15,25-27,35H,1,16-19H2,(H,30,36)/t25-,26+,27+/m0/s1. The Balaban J connectivity index is 1.31. The molecular formula is C29H29N5O5S. The van der Waals surface area contributed by atoms with E-state index in [0.29, 0.717) is 23.0 Å². The number of nitrogens with zero attached hydrogens (tertiary/aromatic N) is 4. The second kappa shape index (κ2) is 13.4. The monoisotopic (exact) mass is 559 g/mol. The third-order valence-electron chi connectivity index (χ3n) is 6.22. The Labute approximate surface area is 236 Å². The fourth-order valence-electron chi connectivity index (χ4n) is 4.20. The van der Waals surface area contributed by atoms with Gasteiger partial charge in [-0.25, -0.2) is 4.79 Å². The lowest BCUT2D eigenvalue weighted by molar-refractivity contribution is -0.245. The molecule has 0 aliphatic carbocycles. The molecule has 0 radical (unpaired) electrons. The number of para-hydroxylation sites is 1. The molecule has 0 unspecified atom stereocenters. The van der Waals surface area contributed by atoms with E-state index in [4.69, 9.17) is 14.2 Å². The first-order valence-corrected chi connectivity index (χ1v) is 13.7. The zero-order chi connectivity index (χ0) is 27.7. The normalized spacial score (nSPS) is 18.7. The summed E-state index contributed by atoms with van der Waals surface area (Å²) in [4.78, 5) is 11.9. The minimum Gasteiger partial charge on any atom is -0.445 e. The van der Waals surface area contributed by atoms with E-state index in [-0.39, 0.29) is 25.4 Å². The molecule has 206 valence electrons. The van der Waals surface area contributed by atoms with Crippen LogP contribution in [0.3, 0.4) is 0 Å². The third-order valence-corrected chi connectivity index (χ3v) is 7.27. The summed E-state index contributed by atoms with van der Waals surface area (Å²) in [6.45, 7) is 3.65. The van der Waals surface area contributed by atoms with Crippen LogP contribution in [-0.4, -0.2) is 49.9 Å². The van der Waals surface area contributed by atoms with E-state index < -0.39 is 12.4 Å². The van der Waals surface area contributed by atoms with Gasteiger partial charge in [0, 0.05) is 23.4 Å². The first-order valence-electron chi connectivity index (χ1n) is 12.7. The van der Waals surface area contributed by atoms with E-state index in [9.17, 15) is 9.90 Å². The number of rotatable bonds is 10. The third kappa shape index (κ3) is 6.93. The summed E-state index contributed by atoms with van der Waals surface area (Å²) in [6, 6.07) is 24.7. The maximum absolute atomic E-state index is 11.9. The first kappa shape index (κ1) is 27.5. The lowest BCUT2D eigenvalue weighted by atomic mass is 10.0. The van der Waals surface area contributed by atoms with Gasteiger partial charge in [-0.15, -0.1) is 5.10 Å². The Kier molecular flexibility index (Phi) is 9.19. The molecule has 0 saturated carbocycles. The summed E-state index contributed by atoms with van der Waals surface area (Å²) < 4.78 is 19.5. The molecule has 3 atom stereocenters. The van der Waals surface area contributed by atoms with Crippen LogP contribution in [-0.2, 0) is 20.8 Å². The Morgan fingerprint density at radius 3 is 2.55 bits per heavy atom. The maximum Gasteiger partial charge on any atom is 0.411 e. The van der Waals surface area contributed by atoms with Crippen LogP contribution < -0.4 is 5.32 Å². The van der Waals surface area contributed by atoms with E-state index in [2.05, 4.69) is 27.4 Å². The molecule has 1 aliphatic rings. The number of amides is 1. The Morgan fingerprint density at radius 1 is 1.07 bits per heavy atom. The highest BCUT2D eigenvalue weighted by Crippen LogP contribution is 2.39. The molecule has 5 rings (SSSR count). The molecule has 3 aromatic carbocycles. The van der Waals surface area contributed by atoms with Gasteiger partial charge in [-0.3, -0.25) is 5.32 Å². The average Bonchev–Trinajstić information content (AvgIpc) is 3.48. The van der Waals surface area contributed by atoms with Gasteiger partial charge in [0.25, 0.3) is 0 Å². The highest BCUT2D eigenvalue weighted by atomic mass is 32.2. The van der Waals surface area contributed by atoms with Crippen molar-refractivity contribution in [3.63, 3.8) is 0 Å². The van der Waals surface area contributed by atoms with Crippen molar-refractivity contribution in [2.24, 2.45) is 0 Å². The number of hydrogen-bond donors (Lipinski definition) is 2. The van der Waals surface area contributed by atoms with Gasteiger partial charge in [0.2, 0.25) is 5.16 Å². The second-order valence-electron chi connectivity index (χ2n) is 9.00. The molecular weight excluding hydrogens is 530 g/mol. The highest BCUT2D eigenvalue weighted by Gasteiger charge is 2.32. The van der Waals surface area contributed by atoms with Gasteiger partial charge in [0.05, 0.1) is 24.5 Å². The van der Waals surface area contributed by atoms with Gasteiger partial charge in [-0.2, -0.15) is 4.68 Å². The van der Waals surface area contributed by atoms with Crippen LogP contribution in [0, 0.1) is 0 Å². The molecule has 0 bridgehead atoms. The number of ether oxygens (including phenoxy) is 3. The molecule has 1 saturated heterocycles. The number of nitrogens with one attached hydrogen (secondary N) is 1. The molecule has 1 aliphatic heterocycles.